The Morgan fingerprint density at radius 3 is 2.89 bits per heavy atom. The highest BCUT2D eigenvalue weighted by Crippen LogP contribution is 2.24. The zero-order chi connectivity index (χ0) is 13.1. The molecule has 0 spiro atoms. The molecule has 0 bridgehead atoms. The fraction of sp³-hybridized carbons (Fsp3) is 0.846. The second-order valence-electron chi connectivity index (χ2n) is 5.34. The summed E-state index contributed by atoms with van der Waals surface area (Å²) in [5, 5.41) is 13.9. The van der Waals surface area contributed by atoms with E-state index in [0.717, 1.165) is 70.3 Å². The zero-order valence-corrected chi connectivity index (χ0v) is 11.3. The zero-order valence-electron chi connectivity index (χ0n) is 11.3. The molecule has 1 aromatic rings. The lowest BCUT2D eigenvalue weighted by Crippen LogP contribution is -2.37. The number of hydrogen-bond donors (Lipinski definition) is 1. The Bertz CT molecular complexity index is 415. The van der Waals surface area contributed by atoms with Gasteiger partial charge in [-0.2, -0.15) is 5.10 Å². The minimum Gasteiger partial charge on any atom is -0.396 e. The van der Waals surface area contributed by atoms with Crippen LogP contribution < -0.4 is 0 Å². The van der Waals surface area contributed by atoms with Crippen molar-refractivity contribution in [3.63, 3.8) is 0 Å². The molecule has 0 saturated carbocycles. The summed E-state index contributed by atoms with van der Waals surface area (Å²) in [6, 6.07) is 0. The van der Waals surface area contributed by atoms with Gasteiger partial charge in [0.15, 0.2) is 5.82 Å². The van der Waals surface area contributed by atoms with Crippen LogP contribution in [-0.2, 0) is 17.7 Å². The SMILES string of the molecule is OCC1CCCn2nc(CCN3CCOCC3)nc21. The second-order valence-corrected chi connectivity index (χ2v) is 5.34. The first kappa shape index (κ1) is 13.0. The number of ether oxygens (including phenoxy) is 1. The highest BCUT2D eigenvalue weighted by Gasteiger charge is 2.23. The first-order valence-electron chi connectivity index (χ1n) is 7.21. The van der Waals surface area contributed by atoms with Crippen LogP contribution in [-0.4, -0.2) is 64.2 Å². The van der Waals surface area contributed by atoms with Crippen molar-refractivity contribution in [3.8, 4) is 0 Å². The molecule has 19 heavy (non-hydrogen) atoms. The summed E-state index contributed by atoms with van der Waals surface area (Å²) in [5.74, 6) is 2.07. The first-order valence-corrected chi connectivity index (χ1v) is 7.21. The van der Waals surface area contributed by atoms with Gasteiger partial charge >= 0.3 is 0 Å². The van der Waals surface area contributed by atoms with Crippen LogP contribution in [0.1, 0.15) is 30.4 Å². The molecule has 0 amide bonds. The molecule has 2 aliphatic rings. The molecular formula is C13H22N4O2. The molecule has 106 valence electrons. The van der Waals surface area contributed by atoms with E-state index in [1.807, 2.05) is 4.68 Å². The Hall–Kier alpha value is -0.980. The molecule has 0 radical (unpaired) electrons. The van der Waals surface area contributed by atoms with Crippen LogP contribution in [0.4, 0.5) is 0 Å². The van der Waals surface area contributed by atoms with Crippen LogP contribution >= 0.6 is 0 Å². The summed E-state index contributed by atoms with van der Waals surface area (Å²) in [7, 11) is 0. The smallest absolute Gasteiger partial charge is 0.152 e. The molecular weight excluding hydrogens is 244 g/mol. The van der Waals surface area contributed by atoms with E-state index in [1.54, 1.807) is 0 Å². The summed E-state index contributed by atoms with van der Waals surface area (Å²) < 4.78 is 7.33. The predicted octanol–water partition coefficient (Wildman–Crippen LogP) is 0.0225. The Morgan fingerprint density at radius 2 is 2.11 bits per heavy atom. The summed E-state index contributed by atoms with van der Waals surface area (Å²) in [6.07, 6.45) is 3.00. The minimum atomic E-state index is 0.179. The maximum Gasteiger partial charge on any atom is 0.152 e. The van der Waals surface area contributed by atoms with Crippen molar-refractivity contribution in [1.29, 1.82) is 0 Å². The Morgan fingerprint density at radius 1 is 1.26 bits per heavy atom. The fourth-order valence-electron chi connectivity index (χ4n) is 2.85. The summed E-state index contributed by atoms with van der Waals surface area (Å²) >= 11 is 0. The van der Waals surface area contributed by atoms with Crippen molar-refractivity contribution in [2.75, 3.05) is 39.5 Å². The molecule has 6 heteroatoms. The van der Waals surface area contributed by atoms with Crippen LogP contribution in [0.25, 0.3) is 0 Å². The summed E-state index contributed by atoms with van der Waals surface area (Å²) in [4.78, 5) is 7.02. The van der Waals surface area contributed by atoms with Crippen LogP contribution in [0.3, 0.4) is 0 Å². The molecule has 1 unspecified atom stereocenters. The number of morpholine rings is 1. The molecule has 2 aliphatic heterocycles. The molecule has 1 saturated heterocycles. The van der Waals surface area contributed by atoms with E-state index in [1.165, 1.54) is 0 Å². The second kappa shape index (κ2) is 5.98. The normalized spacial score (nSPS) is 24.4. The molecule has 1 atom stereocenters. The molecule has 0 aliphatic carbocycles. The van der Waals surface area contributed by atoms with Crippen molar-refractivity contribution in [3.05, 3.63) is 11.6 Å². The third kappa shape index (κ3) is 2.96. The van der Waals surface area contributed by atoms with E-state index in [0.29, 0.717) is 0 Å². The molecule has 1 N–H and O–H groups in total. The van der Waals surface area contributed by atoms with Gasteiger partial charge in [-0.05, 0) is 12.8 Å². The van der Waals surface area contributed by atoms with Gasteiger partial charge in [-0.25, -0.2) is 9.67 Å². The van der Waals surface area contributed by atoms with Gasteiger partial charge in [0.1, 0.15) is 5.82 Å². The van der Waals surface area contributed by atoms with E-state index < -0.39 is 0 Å². The van der Waals surface area contributed by atoms with Gasteiger partial charge in [-0.1, -0.05) is 0 Å². The average molecular weight is 266 g/mol. The van der Waals surface area contributed by atoms with Crippen LogP contribution in [0.2, 0.25) is 0 Å². The summed E-state index contributed by atoms with van der Waals surface area (Å²) in [6.45, 7) is 5.80. The van der Waals surface area contributed by atoms with Crippen molar-refractivity contribution in [1.82, 2.24) is 19.7 Å². The topological polar surface area (TPSA) is 63.4 Å². The largest absolute Gasteiger partial charge is 0.396 e. The first-order chi connectivity index (χ1) is 9.36. The number of nitrogens with zero attached hydrogens (tertiary/aromatic N) is 4. The Balaban J connectivity index is 1.60. The highest BCUT2D eigenvalue weighted by atomic mass is 16.5. The highest BCUT2D eigenvalue weighted by molar-refractivity contribution is 5.03. The monoisotopic (exact) mass is 266 g/mol. The van der Waals surface area contributed by atoms with Crippen molar-refractivity contribution in [2.24, 2.45) is 0 Å². The summed E-state index contributed by atoms with van der Waals surface area (Å²) in [5.41, 5.74) is 0. The lowest BCUT2D eigenvalue weighted by molar-refractivity contribution is 0.0382. The van der Waals surface area contributed by atoms with Crippen molar-refractivity contribution >= 4 is 0 Å². The number of rotatable bonds is 4. The van der Waals surface area contributed by atoms with Gasteiger partial charge in [0.25, 0.3) is 0 Å². The molecule has 1 fully saturated rings. The fourth-order valence-corrected chi connectivity index (χ4v) is 2.85. The van der Waals surface area contributed by atoms with Crippen LogP contribution in [0.5, 0.6) is 0 Å². The number of hydrogen-bond acceptors (Lipinski definition) is 5. The predicted molar refractivity (Wildman–Crippen MR) is 70.0 cm³/mol. The molecule has 3 rings (SSSR count). The molecule has 6 nitrogen and oxygen atoms in total. The number of aryl methyl sites for hydroxylation is 1. The number of aliphatic hydroxyl groups is 1. The van der Waals surface area contributed by atoms with E-state index in [9.17, 15) is 5.11 Å². The van der Waals surface area contributed by atoms with Gasteiger partial charge in [0.2, 0.25) is 0 Å². The van der Waals surface area contributed by atoms with E-state index in [4.69, 9.17) is 4.74 Å². The van der Waals surface area contributed by atoms with Crippen molar-refractivity contribution < 1.29 is 9.84 Å². The van der Waals surface area contributed by atoms with Crippen molar-refractivity contribution in [2.45, 2.75) is 31.7 Å². The average Bonchev–Trinajstić information content (AvgIpc) is 2.89. The van der Waals surface area contributed by atoms with Gasteiger partial charge in [0.05, 0.1) is 19.8 Å². The van der Waals surface area contributed by atoms with Gasteiger partial charge in [-0.15, -0.1) is 0 Å². The van der Waals surface area contributed by atoms with Crippen LogP contribution in [0.15, 0.2) is 0 Å². The third-order valence-electron chi connectivity index (χ3n) is 4.01. The molecule has 3 heterocycles. The van der Waals surface area contributed by atoms with E-state index in [-0.39, 0.29) is 12.5 Å². The number of aliphatic hydroxyl groups excluding tert-OH is 1. The van der Waals surface area contributed by atoms with Gasteiger partial charge in [0, 0.05) is 38.5 Å². The minimum absolute atomic E-state index is 0.179. The molecule has 1 aromatic heterocycles. The Kier molecular flexibility index (Phi) is 4.10. The number of fused-ring (bicyclic) bond motifs is 1. The maximum absolute atomic E-state index is 9.38. The van der Waals surface area contributed by atoms with E-state index >= 15 is 0 Å². The lowest BCUT2D eigenvalue weighted by Gasteiger charge is -2.25. The van der Waals surface area contributed by atoms with E-state index in [2.05, 4.69) is 15.0 Å². The quantitative estimate of drug-likeness (QED) is 0.832. The number of aromatic nitrogens is 3. The standard InChI is InChI=1S/C13H22N4O2/c18-10-11-2-1-4-17-13(11)14-12(15-17)3-5-16-6-8-19-9-7-16/h11,18H,1-10H2. The lowest BCUT2D eigenvalue weighted by atomic mass is 10.0. The third-order valence-corrected chi connectivity index (χ3v) is 4.01. The molecule has 0 aromatic carbocycles. The maximum atomic E-state index is 9.38. The van der Waals surface area contributed by atoms with Gasteiger partial charge in [-0.3, -0.25) is 4.90 Å². The van der Waals surface area contributed by atoms with Crippen LogP contribution in [0, 0.1) is 0 Å². The Labute approximate surface area is 113 Å². The van der Waals surface area contributed by atoms with Gasteiger partial charge < -0.3 is 9.84 Å².